The van der Waals surface area contributed by atoms with Gasteiger partial charge in [-0.1, -0.05) is 19.4 Å². The number of ether oxygens (including phenoxy) is 1. The molecule has 0 saturated heterocycles. The lowest BCUT2D eigenvalue weighted by molar-refractivity contribution is -0.178. The van der Waals surface area contributed by atoms with E-state index in [0.29, 0.717) is 5.92 Å². The van der Waals surface area contributed by atoms with E-state index >= 15 is 0 Å². The smallest absolute Gasteiger partial charge is 0.405 e. The summed E-state index contributed by atoms with van der Waals surface area (Å²) in [6, 6.07) is 3.37. The highest BCUT2D eigenvalue weighted by Gasteiger charge is 2.66. The van der Waals surface area contributed by atoms with Crippen molar-refractivity contribution in [3.63, 3.8) is 0 Å². The van der Waals surface area contributed by atoms with E-state index in [4.69, 9.17) is 14.9 Å². The second kappa shape index (κ2) is 6.96. The third kappa shape index (κ3) is 2.94. The molecule has 3 saturated carbocycles. The zero-order valence-corrected chi connectivity index (χ0v) is 18.4. The number of aliphatic hydroxyl groups is 1. The van der Waals surface area contributed by atoms with Gasteiger partial charge in [-0.25, -0.2) is 9.59 Å². The molecule has 0 radical (unpaired) electrons. The van der Waals surface area contributed by atoms with Crippen LogP contribution in [-0.2, 0) is 4.74 Å². The fourth-order valence-electron chi connectivity index (χ4n) is 8.01. The summed E-state index contributed by atoms with van der Waals surface area (Å²) in [4.78, 5) is 22.7. The van der Waals surface area contributed by atoms with Gasteiger partial charge in [-0.3, -0.25) is 0 Å². The Morgan fingerprint density at radius 3 is 2.65 bits per heavy atom. The topological polar surface area (TPSA) is 103 Å². The molecule has 0 bridgehead atoms. The minimum atomic E-state index is -0.716. The summed E-state index contributed by atoms with van der Waals surface area (Å²) in [6.45, 7) is 4.59. The SMILES string of the molecule is C[C@]12CC[C@H](OC(N)=O)C=C1CC[C@@H]1[C@@H]2CC[C@]2(C)[C@@H](c3ccc(=O)oc3)CC[C@]12O. The van der Waals surface area contributed by atoms with Gasteiger partial charge in [-0.2, -0.15) is 0 Å². The maximum atomic E-state index is 12.2. The van der Waals surface area contributed by atoms with Gasteiger partial charge in [-0.15, -0.1) is 0 Å². The van der Waals surface area contributed by atoms with Crippen molar-refractivity contribution in [1.82, 2.24) is 0 Å². The number of hydrogen-bond acceptors (Lipinski definition) is 5. The van der Waals surface area contributed by atoms with Gasteiger partial charge in [0.1, 0.15) is 6.10 Å². The molecule has 6 nitrogen and oxygen atoms in total. The molecule has 1 heterocycles. The standard InChI is InChI=1S/C25H33NO5/c1-23-10-7-17(31-22(26)28)13-16(23)4-5-20-19(23)8-11-24(2)18(9-12-25(20,24)29)15-3-6-21(27)30-14-15/h3,6,13-14,17-20,29H,4-5,7-12H2,1-2H3,(H2,26,28)/t17-,18+,19-,20+,23-,24+,25-/m0/s1. The monoisotopic (exact) mass is 427 g/mol. The molecule has 1 aromatic rings. The predicted octanol–water partition coefficient (Wildman–Crippen LogP) is 4.27. The van der Waals surface area contributed by atoms with Gasteiger partial charge < -0.3 is 20.0 Å². The van der Waals surface area contributed by atoms with Crippen molar-refractivity contribution in [1.29, 1.82) is 0 Å². The summed E-state index contributed by atoms with van der Waals surface area (Å²) in [7, 11) is 0. The van der Waals surface area contributed by atoms with E-state index in [-0.39, 0.29) is 34.4 Å². The lowest BCUT2D eigenvalue weighted by Gasteiger charge is -2.61. The minimum Gasteiger partial charge on any atom is -0.442 e. The van der Waals surface area contributed by atoms with Gasteiger partial charge in [0.2, 0.25) is 0 Å². The van der Waals surface area contributed by atoms with E-state index in [0.717, 1.165) is 56.9 Å². The van der Waals surface area contributed by atoms with E-state index in [9.17, 15) is 14.7 Å². The van der Waals surface area contributed by atoms with Crippen LogP contribution in [0.15, 0.2) is 39.3 Å². The molecule has 6 heteroatoms. The van der Waals surface area contributed by atoms with Crippen LogP contribution in [0, 0.1) is 22.7 Å². The Hall–Kier alpha value is -2.08. The Labute approximate surface area is 182 Å². The van der Waals surface area contributed by atoms with Crippen molar-refractivity contribution in [2.45, 2.75) is 82.8 Å². The van der Waals surface area contributed by atoms with Gasteiger partial charge in [0.15, 0.2) is 0 Å². The van der Waals surface area contributed by atoms with Gasteiger partial charge in [0.05, 0.1) is 11.9 Å². The molecule has 3 fully saturated rings. The van der Waals surface area contributed by atoms with E-state index in [2.05, 4.69) is 19.9 Å². The van der Waals surface area contributed by atoms with Crippen molar-refractivity contribution >= 4 is 6.09 Å². The molecule has 5 rings (SSSR count). The highest BCUT2D eigenvalue weighted by Crippen LogP contribution is 2.70. The molecule has 4 aliphatic carbocycles. The molecular formula is C25H33NO5. The van der Waals surface area contributed by atoms with Crippen LogP contribution in [0.3, 0.4) is 0 Å². The number of hydrogen-bond donors (Lipinski definition) is 2. The predicted molar refractivity (Wildman–Crippen MR) is 115 cm³/mol. The Bertz CT molecular complexity index is 964. The molecule has 0 unspecified atom stereocenters. The van der Waals surface area contributed by atoms with E-state index in [1.54, 1.807) is 6.26 Å². The average molecular weight is 428 g/mol. The molecule has 3 N–H and O–H groups in total. The fourth-order valence-corrected chi connectivity index (χ4v) is 8.01. The van der Waals surface area contributed by atoms with Gasteiger partial charge in [0, 0.05) is 11.5 Å². The lowest BCUT2D eigenvalue weighted by Crippen LogP contribution is -2.60. The number of fused-ring (bicyclic) bond motifs is 5. The second-order valence-electron chi connectivity index (χ2n) is 10.7. The largest absolute Gasteiger partial charge is 0.442 e. The summed E-state index contributed by atoms with van der Waals surface area (Å²) >= 11 is 0. The third-order valence-corrected chi connectivity index (χ3v) is 9.65. The number of primary amides is 1. The van der Waals surface area contributed by atoms with Gasteiger partial charge in [-0.05, 0) is 92.2 Å². The van der Waals surface area contributed by atoms with E-state index in [1.807, 2.05) is 6.07 Å². The molecule has 31 heavy (non-hydrogen) atoms. The minimum absolute atomic E-state index is 0.0368. The number of nitrogens with two attached hydrogens (primary N) is 1. The molecule has 4 aliphatic rings. The summed E-state index contributed by atoms with van der Waals surface area (Å²) < 4.78 is 10.4. The Morgan fingerprint density at radius 1 is 1.13 bits per heavy atom. The maximum absolute atomic E-state index is 12.2. The molecule has 7 atom stereocenters. The third-order valence-electron chi connectivity index (χ3n) is 9.65. The molecular weight excluding hydrogens is 394 g/mol. The van der Waals surface area contributed by atoms with Crippen LogP contribution >= 0.6 is 0 Å². The number of amides is 1. The fraction of sp³-hybridized carbons (Fsp3) is 0.680. The summed E-state index contributed by atoms with van der Waals surface area (Å²) in [5.74, 6) is 0.877. The van der Waals surface area contributed by atoms with Crippen LogP contribution in [0.1, 0.15) is 76.7 Å². The Kier molecular flexibility index (Phi) is 4.67. The number of carbonyl (C=O) groups is 1. The first kappa shape index (κ1) is 20.8. The first-order valence-corrected chi connectivity index (χ1v) is 11.7. The molecule has 0 aromatic carbocycles. The normalized spacial score (nSPS) is 43.9. The molecule has 1 amide bonds. The van der Waals surface area contributed by atoms with Crippen LogP contribution in [0.25, 0.3) is 0 Å². The number of carbonyl (C=O) groups excluding carboxylic acids is 1. The molecule has 168 valence electrons. The van der Waals surface area contributed by atoms with Crippen LogP contribution in [0.2, 0.25) is 0 Å². The quantitative estimate of drug-likeness (QED) is 0.686. The second-order valence-corrected chi connectivity index (χ2v) is 10.7. The van der Waals surface area contributed by atoms with E-state index < -0.39 is 11.7 Å². The molecule has 0 spiro atoms. The van der Waals surface area contributed by atoms with Crippen molar-refractivity contribution in [2.75, 3.05) is 0 Å². The molecule has 1 aromatic heterocycles. The average Bonchev–Trinajstić information content (AvgIpc) is 3.00. The maximum Gasteiger partial charge on any atom is 0.405 e. The first-order valence-electron chi connectivity index (χ1n) is 11.7. The van der Waals surface area contributed by atoms with Gasteiger partial charge in [0.25, 0.3) is 0 Å². The zero-order valence-electron chi connectivity index (χ0n) is 18.4. The first-order chi connectivity index (χ1) is 14.7. The van der Waals surface area contributed by atoms with E-state index in [1.165, 1.54) is 11.6 Å². The van der Waals surface area contributed by atoms with Crippen molar-refractivity contribution < 1.29 is 19.1 Å². The van der Waals surface area contributed by atoms with Crippen molar-refractivity contribution in [3.05, 3.63) is 46.0 Å². The highest BCUT2D eigenvalue weighted by molar-refractivity contribution is 5.65. The summed E-state index contributed by atoms with van der Waals surface area (Å²) in [5, 5.41) is 12.2. The van der Waals surface area contributed by atoms with Crippen LogP contribution in [0.5, 0.6) is 0 Å². The number of rotatable bonds is 2. The molecule has 0 aliphatic heterocycles. The number of allylic oxidation sites excluding steroid dienone is 1. The van der Waals surface area contributed by atoms with Gasteiger partial charge >= 0.3 is 11.7 Å². The van der Waals surface area contributed by atoms with Crippen molar-refractivity contribution in [2.24, 2.45) is 28.4 Å². The van der Waals surface area contributed by atoms with Crippen LogP contribution in [0.4, 0.5) is 4.79 Å². The Balaban J connectivity index is 1.45. The summed E-state index contributed by atoms with van der Waals surface area (Å²) in [5.41, 5.74) is 6.41. The highest BCUT2D eigenvalue weighted by atomic mass is 16.6. The lowest BCUT2D eigenvalue weighted by atomic mass is 9.45. The summed E-state index contributed by atoms with van der Waals surface area (Å²) in [6.07, 6.45) is 10.2. The van der Waals surface area contributed by atoms with Crippen LogP contribution < -0.4 is 11.4 Å². The zero-order chi connectivity index (χ0) is 22.0. The van der Waals surface area contributed by atoms with Crippen LogP contribution in [-0.4, -0.2) is 22.9 Å². The Morgan fingerprint density at radius 2 is 1.94 bits per heavy atom. The van der Waals surface area contributed by atoms with Crippen molar-refractivity contribution in [3.8, 4) is 0 Å².